The Morgan fingerprint density at radius 1 is 1.15 bits per heavy atom. The lowest BCUT2D eigenvalue weighted by atomic mass is 10.1. The van der Waals surface area contributed by atoms with Gasteiger partial charge < -0.3 is 10.1 Å². The van der Waals surface area contributed by atoms with Crippen LogP contribution < -0.4 is 10.1 Å². The van der Waals surface area contributed by atoms with E-state index in [1.807, 2.05) is 0 Å². The SMILES string of the molecule is CCCCCCOc1ccc(C(=O)Nc2ccncc2)cc1-n1cnnn1. The average molecular weight is 366 g/mol. The molecule has 2 heterocycles. The summed E-state index contributed by atoms with van der Waals surface area (Å²) in [6.45, 7) is 2.78. The van der Waals surface area contributed by atoms with E-state index >= 15 is 0 Å². The van der Waals surface area contributed by atoms with E-state index in [1.165, 1.54) is 23.9 Å². The van der Waals surface area contributed by atoms with Crippen LogP contribution in [-0.4, -0.2) is 37.7 Å². The number of hydrogen-bond donors (Lipinski definition) is 1. The van der Waals surface area contributed by atoms with Crippen LogP contribution in [0, 0.1) is 0 Å². The van der Waals surface area contributed by atoms with Crippen LogP contribution >= 0.6 is 0 Å². The first-order valence-electron chi connectivity index (χ1n) is 8.99. The first-order valence-corrected chi connectivity index (χ1v) is 8.99. The number of tetrazole rings is 1. The van der Waals surface area contributed by atoms with Crippen LogP contribution in [0.15, 0.2) is 49.1 Å². The summed E-state index contributed by atoms with van der Waals surface area (Å²) in [6.07, 6.45) is 9.20. The first-order chi connectivity index (χ1) is 13.3. The minimum Gasteiger partial charge on any atom is -0.491 e. The third kappa shape index (κ3) is 5.10. The third-order valence-electron chi connectivity index (χ3n) is 4.01. The van der Waals surface area contributed by atoms with E-state index in [0.717, 1.165) is 12.8 Å². The number of hydrogen-bond acceptors (Lipinski definition) is 6. The molecule has 1 amide bonds. The second-order valence-corrected chi connectivity index (χ2v) is 6.04. The Morgan fingerprint density at radius 3 is 2.74 bits per heavy atom. The van der Waals surface area contributed by atoms with Crippen LogP contribution in [0.3, 0.4) is 0 Å². The maximum atomic E-state index is 12.5. The van der Waals surface area contributed by atoms with Crippen LogP contribution in [0.25, 0.3) is 5.69 Å². The van der Waals surface area contributed by atoms with Crippen molar-refractivity contribution in [3.05, 3.63) is 54.6 Å². The van der Waals surface area contributed by atoms with Crippen molar-refractivity contribution >= 4 is 11.6 Å². The Bertz CT molecular complexity index is 852. The number of nitrogens with zero attached hydrogens (tertiary/aromatic N) is 5. The summed E-state index contributed by atoms with van der Waals surface area (Å²) in [5.74, 6) is 0.407. The van der Waals surface area contributed by atoms with Gasteiger partial charge in [0.1, 0.15) is 17.8 Å². The van der Waals surface area contributed by atoms with Gasteiger partial charge in [-0.05, 0) is 47.2 Å². The smallest absolute Gasteiger partial charge is 0.255 e. The fourth-order valence-electron chi connectivity index (χ4n) is 2.58. The van der Waals surface area contributed by atoms with Crippen LogP contribution in [-0.2, 0) is 0 Å². The van der Waals surface area contributed by atoms with Gasteiger partial charge in [-0.2, -0.15) is 4.68 Å². The van der Waals surface area contributed by atoms with Crippen molar-refractivity contribution in [2.45, 2.75) is 32.6 Å². The molecule has 0 atom stereocenters. The maximum Gasteiger partial charge on any atom is 0.255 e. The summed E-state index contributed by atoms with van der Waals surface area (Å²) in [5.41, 5.74) is 1.78. The molecule has 0 aliphatic rings. The Hall–Kier alpha value is -3.29. The second-order valence-electron chi connectivity index (χ2n) is 6.04. The molecule has 1 aromatic carbocycles. The van der Waals surface area contributed by atoms with Crippen molar-refractivity contribution < 1.29 is 9.53 Å². The number of amides is 1. The highest BCUT2D eigenvalue weighted by Crippen LogP contribution is 2.24. The van der Waals surface area contributed by atoms with Gasteiger partial charge in [0.15, 0.2) is 0 Å². The number of unbranched alkanes of at least 4 members (excludes halogenated alkanes) is 3. The Labute approximate surface area is 157 Å². The minimum atomic E-state index is -0.231. The lowest BCUT2D eigenvalue weighted by molar-refractivity contribution is 0.102. The molecule has 0 saturated carbocycles. The molecule has 3 rings (SSSR count). The van der Waals surface area contributed by atoms with E-state index in [2.05, 4.69) is 32.7 Å². The van der Waals surface area contributed by atoms with E-state index < -0.39 is 0 Å². The van der Waals surface area contributed by atoms with Gasteiger partial charge in [-0.25, -0.2) is 0 Å². The number of benzene rings is 1. The fraction of sp³-hybridized carbons (Fsp3) is 0.316. The number of carbonyl (C=O) groups is 1. The predicted octanol–water partition coefficient (Wildman–Crippen LogP) is 3.27. The van der Waals surface area contributed by atoms with E-state index in [1.54, 1.807) is 42.7 Å². The van der Waals surface area contributed by atoms with Crippen molar-refractivity contribution in [1.82, 2.24) is 25.2 Å². The van der Waals surface area contributed by atoms with Crippen LogP contribution in [0.2, 0.25) is 0 Å². The van der Waals surface area contributed by atoms with Gasteiger partial charge in [-0.1, -0.05) is 26.2 Å². The minimum absolute atomic E-state index is 0.231. The highest BCUT2D eigenvalue weighted by molar-refractivity contribution is 6.04. The van der Waals surface area contributed by atoms with Gasteiger partial charge in [0.25, 0.3) is 5.91 Å². The molecule has 0 spiro atoms. The van der Waals surface area contributed by atoms with Gasteiger partial charge in [0, 0.05) is 23.6 Å². The number of rotatable bonds is 9. The van der Waals surface area contributed by atoms with Gasteiger partial charge in [0.2, 0.25) is 0 Å². The second kappa shape index (κ2) is 9.42. The molecule has 0 aliphatic heterocycles. The molecule has 140 valence electrons. The Kier molecular flexibility index (Phi) is 6.45. The lowest BCUT2D eigenvalue weighted by Crippen LogP contribution is -2.13. The van der Waals surface area contributed by atoms with Crippen LogP contribution in [0.5, 0.6) is 5.75 Å². The molecule has 8 heteroatoms. The molecule has 3 aromatic rings. The Balaban J connectivity index is 1.76. The molecule has 0 fully saturated rings. The summed E-state index contributed by atoms with van der Waals surface area (Å²) >= 11 is 0. The van der Waals surface area contributed by atoms with Crippen LogP contribution in [0.4, 0.5) is 5.69 Å². The number of ether oxygens (including phenoxy) is 1. The molecular formula is C19H22N6O2. The highest BCUT2D eigenvalue weighted by atomic mass is 16.5. The van der Waals surface area contributed by atoms with E-state index in [-0.39, 0.29) is 5.91 Å². The van der Waals surface area contributed by atoms with Gasteiger partial charge in [-0.15, -0.1) is 5.10 Å². The largest absolute Gasteiger partial charge is 0.491 e. The zero-order chi connectivity index (χ0) is 18.9. The molecule has 1 N–H and O–H groups in total. The summed E-state index contributed by atoms with van der Waals surface area (Å²) in [7, 11) is 0. The summed E-state index contributed by atoms with van der Waals surface area (Å²) < 4.78 is 7.39. The summed E-state index contributed by atoms with van der Waals surface area (Å²) in [4.78, 5) is 16.5. The van der Waals surface area contributed by atoms with Crippen molar-refractivity contribution in [3.63, 3.8) is 0 Å². The van der Waals surface area contributed by atoms with Gasteiger partial charge in [0.05, 0.1) is 6.61 Å². The zero-order valence-corrected chi connectivity index (χ0v) is 15.2. The standard InChI is InChI=1S/C19H22N6O2/c1-2-3-4-5-12-27-18-7-6-15(13-17(18)25-14-21-23-24-25)19(26)22-16-8-10-20-11-9-16/h6-11,13-14H,2-5,12H2,1H3,(H,20,22,26). The topological polar surface area (TPSA) is 94.8 Å². The predicted molar refractivity (Wildman–Crippen MR) is 101 cm³/mol. The van der Waals surface area contributed by atoms with E-state index in [4.69, 9.17) is 4.74 Å². The first kappa shape index (κ1) is 18.5. The zero-order valence-electron chi connectivity index (χ0n) is 15.2. The molecule has 2 aromatic heterocycles. The van der Waals surface area contributed by atoms with Crippen molar-refractivity contribution in [1.29, 1.82) is 0 Å². The third-order valence-corrected chi connectivity index (χ3v) is 4.01. The molecule has 0 unspecified atom stereocenters. The van der Waals surface area contributed by atoms with Crippen LogP contribution in [0.1, 0.15) is 43.0 Å². The number of pyridine rings is 1. The Morgan fingerprint density at radius 2 is 2.00 bits per heavy atom. The summed E-state index contributed by atoms with van der Waals surface area (Å²) in [6, 6.07) is 8.68. The van der Waals surface area contributed by atoms with Crippen molar-refractivity contribution in [3.8, 4) is 11.4 Å². The molecule has 0 bridgehead atoms. The lowest BCUT2D eigenvalue weighted by Gasteiger charge is -2.13. The van der Waals surface area contributed by atoms with Crippen molar-refractivity contribution in [2.75, 3.05) is 11.9 Å². The van der Waals surface area contributed by atoms with Gasteiger partial charge >= 0.3 is 0 Å². The fourth-order valence-corrected chi connectivity index (χ4v) is 2.58. The maximum absolute atomic E-state index is 12.5. The highest BCUT2D eigenvalue weighted by Gasteiger charge is 2.13. The summed E-state index contributed by atoms with van der Waals surface area (Å²) in [5, 5.41) is 14.1. The molecular weight excluding hydrogens is 344 g/mol. The number of anilines is 1. The number of nitrogens with one attached hydrogen (secondary N) is 1. The number of carbonyl (C=O) groups excluding carboxylic acids is 1. The molecule has 0 radical (unpaired) electrons. The molecule has 27 heavy (non-hydrogen) atoms. The normalized spacial score (nSPS) is 10.6. The molecule has 0 aliphatic carbocycles. The molecule has 0 saturated heterocycles. The van der Waals surface area contributed by atoms with Gasteiger partial charge in [-0.3, -0.25) is 9.78 Å². The van der Waals surface area contributed by atoms with Crippen molar-refractivity contribution in [2.24, 2.45) is 0 Å². The quantitative estimate of drug-likeness (QED) is 0.584. The number of aromatic nitrogens is 5. The molecule has 8 nitrogen and oxygen atoms in total. The average Bonchev–Trinajstić information content (AvgIpc) is 3.23. The monoisotopic (exact) mass is 366 g/mol. The van der Waals surface area contributed by atoms with E-state index in [0.29, 0.717) is 29.3 Å². The van der Waals surface area contributed by atoms with E-state index in [9.17, 15) is 4.79 Å².